The van der Waals surface area contributed by atoms with Crippen molar-refractivity contribution in [2.75, 3.05) is 27.4 Å². The summed E-state index contributed by atoms with van der Waals surface area (Å²) >= 11 is 0. The van der Waals surface area contributed by atoms with Crippen molar-refractivity contribution in [2.45, 2.75) is 32.4 Å². The van der Waals surface area contributed by atoms with Crippen LogP contribution in [-0.4, -0.2) is 42.4 Å². The SMILES string of the molecule is CCOc1ccc(-c2noc(CN3CCCC3c3cc(OC)ccc3OC)n2)cc1. The molecule has 1 aliphatic rings. The van der Waals surface area contributed by atoms with Crippen LogP contribution in [0.15, 0.2) is 47.0 Å². The second kappa shape index (κ2) is 9.17. The Labute approximate surface area is 176 Å². The lowest BCUT2D eigenvalue weighted by Gasteiger charge is -2.25. The molecule has 1 fully saturated rings. The van der Waals surface area contributed by atoms with E-state index in [0.717, 1.165) is 47.8 Å². The summed E-state index contributed by atoms with van der Waals surface area (Å²) in [7, 11) is 3.38. The summed E-state index contributed by atoms with van der Waals surface area (Å²) in [6.45, 7) is 4.16. The number of rotatable bonds is 8. The third-order valence-corrected chi connectivity index (χ3v) is 5.39. The minimum absolute atomic E-state index is 0.218. The molecule has 2 aromatic carbocycles. The summed E-state index contributed by atoms with van der Waals surface area (Å²) in [6, 6.07) is 13.9. The summed E-state index contributed by atoms with van der Waals surface area (Å²) in [6.07, 6.45) is 2.15. The van der Waals surface area contributed by atoms with Gasteiger partial charge in [0.25, 0.3) is 0 Å². The molecule has 3 aromatic rings. The molecular weight excluding hydrogens is 382 g/mol. The Balaban J connectivity index is 1.50. The molecule has 7 heteroatoms. The van der Waals surface area contributed by atoms with Gasteiger partial charge in [-0.1, -0.05) is 5.16 Å². The van der Waals surface area contributed by atoms with E-state index in [-0.39, 0.29) is 6.04 Å². The second-order valence-electron chi connectivity index (χ2n) is 7.21. The second-order valence-corrected chi connectivity index (χ2v) is 7.21. The third kappa shape index (κ3) is 4.26. The first-order valence-corrected chi connectivity index (χ1v) is 10.2. The van der Waals surface area contributed by atoms with Gasteiger partial charge in [0.15, 0.2) is 0 Å². The number of aromatic nitrogens is 2. The van der Waals surface area contributed by atoms with Crippen molar-refractivity contribution >= 4 is 0 Å². The first-order chi connectivity index (χ1) is 14.7. The van der Waals surface area contributed by atoms with Crippen LogP contribution >= 0.6 is 0 Å². The van der Waals surface area contributed by atoms with E-state index in [1.807, 2.05) is 43.3 Å². The molecule has 2 heterocycles. The monoisotopic (exact) mass is 409 g/mol. The van der Waals surface area contributed by atoms with E-state index in [0.29, 0.717) is 24.9 Å². The molecule has 30 heavy (non-hydrogen) atoms. The van der Waals surface area contributed by atoms with Crippen molar-refractivity contribution in [1.29, 1.82) is 0 Å². The fraction of sp³-hybridized carbons (Fsp3) is 0.391. The van der Waals surface area contributed by atoms with Gasteiger partial charge in [-0.25, -0.2) is 0 Å². The van der Waals surface area contributed by atoms with Crippen molar-refractivity contribution < 1.29 is 18.7 Å². The quantitative estimate of drug-likeness (QED) is 0.543. The minimum atomic E-state index is 0.218. The molecule has 1 unspecified atom stereocenters. The van der Waals surface area contributed by atoms with Crippen LogP contribution in [0.5, 0.6) is 17.2 Å². The minimum Gasteiger partial charge on any atom is -0.497 e. The van der Waals surface area contributed by atoms with Gasteiger partial charge in [0.05, 0.1) is 27.4 Å². The maximum atomic E-state index is 5.60. The highest BCUT2D eigenvalue weighted by atomic mass is 16.5. The predicted octanol–water partition coefficient (Wildman–Crippen LogP) is 4.49. The van der Waals surface area contributed by atoms with E-state index >= 15 is 0 Å². The van der Waals surface area contributed by atoms with Gasteiger partial charge >= 0.3 is 0 Å². The van der Waals surface area contributed by atoms with E-state index in [4.69, 9.17) is 18.7 Å². The summed E-state index contributed by atoms with van der Waals surface area (Å²) in [5.74, 6) is 3.72. The van der Waals surface area contributed by atoms with E-state index in [1.165, 1.54) is 0 Å². The molecule has 7 nitrogen and oxygen atoms in total. The van der Waals surface area contributed by atoms with E-state index < -0.39 is 0 Å². The van der Waals surface area contributed by atoms with Crippen LogP contribution in [0, 0.1) is 0 Å². The Kier molecular flexibility index (Phi) is 6.18. The number of likely N-dealkylation sites (tertiary alicyclic amines) is 1. The lowest BCUT2D eigenvalue weighted by atomic mass is 10.0. The maximum absolute atomic E-state index is 5.60. The molecule has 1 aromatic heterocycles. The Bertz CT molecular complexity index is 971. The highest BCUT2D eigenvalue weighted by Gasteiger charge is 2.30. The molecule has 0 spiro atoms. The normalized spacial score (nSPS) is 16.6. The molecule has 0 radical (unpaired) electrons. The van der Waals surface area contributed by atoms with Gasteiger partial charge in [0.2, 0.25) is 11.7 Å². The highest BCUT2D eigenvalue weighted by Crippen LogP contribution is 2.39. The van der Waals surface area contributed by atoms with Gasteiger partial charge in [-0.2, -0.15) is 4.98 Å². The Morgan fingerprint density at radius 1 is 1.07 bits per heavy atom. The molecule has 1 aliphatic heterocycles. The molecule has 0 bridgehead atoms. The first-order valence-electron chi connectivity index (χ1n) is 10.2. The lowest BCUT2D eigenvalue weighted by molar-refractivity contribution is 0.209. The third-order valence-electron chi connectivity index (χ3n) is 5.39. The van der Waals surface area contributed by atoms with Crippen LogP contribution < -0.4 is 14.2 Å². The van der Waals surface area contributed by atoms with Crippen LogP contribution in [0.1, 0.15) is 37.3 Å². The summed E-state index contributed by atoms with van der Waals surface area (Å²) in [4.78, 5) is 6.96. The van der Waals surface area contributed by atoms with Gasteiger partial charge in [0, 0.05) is 17.2 Å². The Hall–Kier alpha value is -3.06. The van der Waals surface area contributed by atoms with Crippen molar-refractivity contribution in [3.05, 3.63) is 53.9 Å². The van der Waals surface area contributed by atoms with Gasteiger partial charge in [-0.3, -0.25) is 4.90 Å². The zero-order valence-corrected chi connectivity index (χ0v) is 17.6. The molecule has 1 atom stereocenters. The molecular formula is C23H27N3O4. The zero-order valence-electron chi connectivity index (χ0n) is 17.6. The number of ether oxygens (including phenoxy) is 3. The molecule has 0 N–H and O–H groups in total. The number of hydrogen-bond donors (Lipinski definition) is 0. The molecule has 0 saturated carbocycles. The Morgan fingerprint density at radius 3 is 2.60 bits per heavy atom. The van der Waals surface area contributed by atoms with Crippen LogP contribution in [-0.2, 0) is 6.54 Å². The predicted molar refractivity (Wildman–Crippen MR) is 113 cm³/mol. The standard InChI is InChI=1S/C23H27N3O4/c1-4-29-17-9-7-16(8-10-17)23-24-22(30-25-23)15-26-13-5-6-20(26)19-14-18(27-2)11-12-21(19)28-3/h7-12,14,20H,4-6,13,15H2,1-3H3. The molecule has 4 rings (SSSR count). The van der Waals surface area contributed by atoms with Crippen molar-refractivity contribution in [3.63, 3.8) is 0 Å². The van der Waals surface area contributed by atoms with Crippen LogP contribution in [0.4, 0.5) is 0 Å². The molecule has 0 amide bonds. The van der Waals surface area contributed by atoms with Gasteiger partial charge in [-0.15, -0.1) is 0 Å². The molecule has 158 valence electrons. The topological polar surface area (TPSA) is 69.9 Å². The number of hydrogen-bond acceptors (Lipinski definition) is 7. The largest absolute Gasteiger partial charge is 0.497 e. The maximum Gasteiger partial charge on any atom is 0.241 e. The Morgan fingerprint density at radius 2 is 1.87 bits per heavy atom. The fourth-order valence-corrected chi connectivity index (χ4v) is 3.94. The van der Waals surface area contributed by atoms with E-state index in [9.17, 15) is 0 Å². The number of methoxy groups -OCH3 is 2. The molecule has 0 aliphatic carbocycles. The smallest absolute Gasteiger partial charge is 0.241 e. The van der Waals surface area contributed by atoms with Crippen LogP contribution in [0.25, 0.3) is 11.4 Å². The first kappa shape index (κ1) is 20.2. The van der Waals surface area contributed by atoms with Crippen molar-refractivity contribution in [3.8, 4) is 28.6 Å². The number of nitrogens with zero attached hydrogens (tertiary/aromatic N) is 3. The fourth-order valence-electron chi connectivity index (χ4n) is 3.94. The van der Waals surface area contributed by atoms with Crippen molar-refractivity contribution in [1.82, 2.24) is 15.0 Å². The van der Waals surface area contributed by atoms with E-state index in [2.05, 4.69) is 21.1 Å². The average molecular weight is 409 g/mol. The lowest BCUT2D eigenvalue weighted by Crippen LogP contribution is -2.23. The van der Waals surface area contributed by atoms with Gasteiger partial charge < -0.3 is 18.7 Å². The van der Waals surface area contributed by atoms with Gasteiger partial charge in [-0.05, 0) is 68.8 Å². The summed E-state index contributed by atoms with van der Waals surface area (Å²) < 4.78 is 22.1. The average Bonchev–Trinajstić information content (AvgIpc) is 3.44. The van der Waals surface area contributed by atoms with Gasteiger partial charge in [0.1, 0.15) is 17.2 Å². The summed E-state index contributed by atoms with van der Waals surface area (Å²) in [5.41, 5.74) is 2.03. The van der Waals surface area contributed by atoms with Crippen molar-refractivity contribution in [2.24, 2.45) is 0 Å². The van der Waals surface area contributed by atoms with Crippen LogP contribution in [0.3, 0.4) is 0 Å². The van der Waals surface area contributed by atoms with Crippen LogP contribution in [0.2, 0.25) is 0 Å². The highest BCUT2D eigenvalue weighted by molar-refractivity contribution is 5.55. The number of benzene rings is 2. The zero-order chi connectivity index (χ0) is 20.9. The van der Waals surface area contributed by atoms with E-state index in [1.54, 1.807) is 14.2 Å². The summed E-state index contributed by atoms with van der Waals surface area (Å²) in [5, 5.41) is 4.16. The molecule has 1 saturated heterocycles.